The minimum absolute atomic E-state index is 0.202. The predicted octanol–water partition coefficient (Wildman–Crippen LogP) is 4.67. The molecule has 0 radical (unpaired) electrons. The Balaban J connectivity index is 2.05. The number of nitrogens with one attached hydrogen (secondary N) is 1. The molecule has 0 aromatic heterocycles. The van der Waals surface area contributed by atoms with Crippen LogP contribution in [0.5, 0.6) is 5.75 Å². The maximum atomic E-state index is 12.2. The van der Waals surface area contributed by atoms with Crippen LogP contribution in [-0.2, 0) is 0 Å². The molecule has 0 aliphatic heterocycles. The molecule has 1 saturated carbocycles. The molecule has 1 aliphatic rings. The number of benzene rings is 1. The van der Waals surface area contributed by atoms with Gasteiger partial charge in [-0.05, 0) is 30.4 Å². The van der Waals surface area contributed by atoms with Crippen molar-refractivity contribution in [1.29, 1.82) is 0 Å². The second kappa shape index (κ2) is 5.76. The Morgan fingerprint density at radius 2 is 2.11 bits per heavy atom. The van der Waals surface area contributed by atoms with E-state index in [4.69, 9.17) is 0 Å². The van der Waals surface area contributed by atoms with Crippen molar-refractivity contribution in [3.8, 4) is 5.75 Å². The molecule has 0 spiro atoms. The Kier molecular flexibility index (Phi) is 4.27. The van der Waals surface area contributed by atoms with Crippen LogP contribution in [0, 0.1) is 5.41 Å². The zero-order valence-electron chi connectivity index (χ0n) is 11.5. The highest BCUT2D eigenvalue weighted by atomic mass is 19.3. The van der Waals surface area contributed by atoms with Crippen LogP contribution >= 0.6 is 0 Å². The van der Waals surface area contributed by atoms with Crippen LogP contribution in [0.3, 0.4) is 0 Å². The molecule has 1 N–H and O–H groups in total. The lowest BCUT2D eigenvalue weighted by Crippen LogP contribution is -2.38. The van der Waals surface area contributed by atoms with Crippen LogP contribution in [0.25, 0.3) is 0 Å². The van der Waals surface area contributed by atoms with Gasteiger partial charge in [0.05, 0.1) is 0 Å². The number of ether oxygens (including phenoxy) is 1. The zero-order chi connectivity index (χ0) is 13.9. The summed E-state index contributed by atoms with van der Waals surface area (Å²) in [6, 6.07) is 7.18. The van der Waals surface area contributed by atoms with Gasteiger partial charge in [0, 0.05) is 17.8 Å². The standard InChI is InChI=1S/C15H21F2NO/c1-15(2)9-4-3-8-13(15)18-11-6-5-7-12(10-11)19-14(16)17/h5-7,10,13-14,18H,3-4,8-9H2,1-2H3. The third-order valence-corrected chi connectivity index (χ3v) is 3.91. The first-order valence-corrected chi connectivity index (χ1v) is 6.79. The number of hydrogen-bond donors (Lipinski definition) is 1. The molecule has 1 atom stereocenters. The summed E-state index contributed by atoms with van der Waals surface area (Å²) < 4.78 is 28.8. The van der Waals surface area contributed by atoms with Gasteiger partial charge in [-0.1, -0.05) is 32.8 Å². The fraction of sp³-hybridized carbons (Fsp3) is 0.600. The predicted molar refractivity (Wildman–Crippen MR) is 72.7 cm³/mol. The van der Waals surface area contributed by atoms with E-state index in [0.717, 1.165) is 12.1 Å². The monoisotopic (exact) mass is 269 g/mol. The largest absolute Gasteiger partial charge is 0.435 e. The minimum Gasteiger partial charge on any atom is -0.435 e. The number of anilines is 1. The average molecular weight is 269 g/mol. The minimum atomic E-state index is -2.78. The normalized spacial score (nSPS) is 22.3. The van der Waals surface area contributed by atoms with Gasteiger partial charge in [-0.15, -0.1) is 0 Å². The van der Waals surface area contributed by atoms with Crippen LogP contribution < -0.4 is 10.1 Å². The summed E-state index contributed by atoms with van der Waals surface area (Å²) in [6.07, 6.45) is 4.79. The Morgan fingerprint density at radius 1 is 1.32 bits per heavy atom. The van der Waals surface area contributed by atoms with Gasteiger partial charge in [-0.2, -0.15) is 8.78 Å². The number of hydrogen-bond acceptors (Lipinski definition) is 2. The van der Waals surface area contributed by atoms with Crippen LogP contribution in [0.2, 0.25) is 0 Å². The molecule has 2 nitrogen and oxygen atoms in total. The Labute approximate surface area is 113 Å². The SMILES string of the molecule is CC1(C)CCCCC1Nc1cccc(OC(F)F)c1. The first-order chi connectivity index (χ1) is 8.97. The van der Waals surface area contributed by atoms with E-state index >= 15 is 0 Å². The molecule has 0 saturated heterocycles. The van der Waals surface area contributed by atoms with E-state index < -0.39 is 6.61 Å². The van der Waals surface area contributed by atoms with Crippen molar-refractivity contribution in [1.82, 2.24) is 0 Å². The number of alkyl halides is 2. The van der Waals surface area contributed by atoms with Crippen molar-refractivity contribution in [2.75, 3.05) is 5.32 Å². The molecule has 1 fully saturated rings. The Bertz CT molecular complexity index is 420. The highest BCUT2D eigenvalue weighted by Gasteiger charge is 2.31. The summed E-state index contributed by atoms with van der Waals surface area (Å²) in [5, 5.41) is 3.46. The van der Waals surface area contributed by atoms with E-state index in [0.29, 0.717) is 6.04 Å². The van der Waals surface area contributed by atoms with Crippen LogP contribution in [-0.4, -0.2) is 12.7 Å². The first-order valence-electron chi connectivity index (χ1n) is 6.79. The molecule has 1 aliphatic carbocycles. The first kappa shape index (κ1) is 14.1. The Hall–Kier alpha value is -1.32. The lowest BCUT2D eigenvalue weighted by atomic mass is 9.73. The highest BCUT2D eigenvalue weighted by molar-refractivity contribution is 5.49. The molecule has 0 bridgehead atoms. The van der Waals surface area contributed by atoms with Crippen molar-refractivity contribution < 1.29 is 13.5 Å². The molecule has 2 rings (SSSR count). The fourth-order valence-corrected chi connectivity index (χ4v) is 2.72. The molecule has 19 heavy (non-hydrogen) atoms. The summed E-state index contributed by atoms with van der Waals surface area (Å²) in [5.41, 5.74) is 1.08. The molecule has 4 heteroatoms. The maximum Gasteiger partial charge on any atom is 0.387 e. The lowest BCUT2D eigenvalue weighted by Gasteiger charge is -2.39. The third-order valence-electron chi connectivity index (χ3n) is 3.91. The summed E-state index contributed by atoms with van der Waals surface area (Å²) >= 11 is 0. The van der Waals surface area contributed by atoms with E-state index in [2.05, 4.69) is 23.9 Å². The maximum absolute atomic E-state index is 12.2. The highest BCUT2D eigenvalue weighted by Crippen LogP contribution is 2.37. The van der Waals surface area contributed by atoms with Gasteiger partial charge in [-0.25, -0.2) is 0 Å². The molecule has 0 heterocycles. The van der Waals surface area contributed by atoms with Gasteiger partial charge in [0.2, 0.25) is 0 Å². The second-order valence-electron chi connectivity index (χ2n) is 5.84. The van der Waals surface area contributed by atoms with Crippen molar-refractivity contribution in [2.45, 2.75) is 52.2 Å². The van der Waals surface area contributed by atoms with Crippen LogP contribution in [0.15, 0.2) is 24.3 Å². The Morgan fingerprint density at radius 3 is 2.79 bits per heavy atom. The van der Waals surface area contributed by atoms with E-state index in [1.807, 2.05) is 6.07 Å². The van der Waals surface area contributed by atoms with Gasteiger partial charge in [0.1, 0.15) is 5.75 Å². The summed E-state index contributed by atoms with van der Waals surface area (Å²) in [6.45, 7) is 1.73. The quantitative estimate of drug-likeness (QED) is 0.857. The van der Waals surface area contributed by atoms with Gasteiger partial charge < -0.3 is 10.1 Å². The molecular formula is C15H21F2NO. The molecule has 1 aromatic carbocycles. The van der Waals surface area contributed by atoms with Crippen LogP contribution in [0.4, 0.5) is 14.5 Å². The van der Waals surface area contributed by atoms with Gasteiger partial charge >= 0.3 is 6.61 Å². The van der Waals surface area contributed by atoms with Gasteiger partial charge in [0.25, 0.3) is 0 Å². The average Bonchev–Trinajstić information content (AvgIpc) is 2.31. The summed E-state index contributed by atoms with van der Waals surface area (Å²) in [7, 11) is 0. The van der Waals surface area contributed by atoms with Crippen molar-refractivity contribution in [3.05, 3.63) is 24.3 Å². The van der Waals surface area contributed by atoms with Gasteiger partial charge in [0.15, 0.2) is 0 Å². The van der Waals surface area contributed by atoms with E-state index in [-0.39, 0.29) is 11.2 Å². The van der Waals surface area contributed by atoms with E-state index in [9.17, 15) is 8.78 Å². The van der Waals surface area contributed by atoms with Crippen molar-refractivity contribution >= 4 is 5.69 Å². The fourth-order valence-electron chi connectivity index (χ4n) is 2.72. The third kappa shape index (κ3) is 3.82. The molecule has 1 unspecified atom stereocenters. The zero-order valence-corrected chi connectivity index (χ0v) is 11.5. The lowest BCUT2D eigenvalue weighted by molar-refractivity contribution is -0.0498. The molecule has 0 amide bonds. The topological polar surface area (TPSA) is 21.3 Å². The van der Waals surface area contributed by atoms with E-state index in [1.165, 1.54) is 19.3 Å². The van der Waals surface area contributed by atoms with Crippen molar-refractivity contribution in [3.63, 3.8) is 0 Å². The summed E-state index contributed by atoms with van der Waals surface area (Å²) in [5.74, 6) is 0.202. The van der Waals surface area contributed by atoms with Gasteiger partial charge in [-0.3, -0.25) is 0 Å². The van der Waals surface area contributed by atoms with Crippen molar-refractivity contribution in [2.24, 2.45) is 5.41 Å². The molecule has 1 aromatic rings. The van der Waals surface area contributed by atoms with Crippen LogP contribution in [0.1, 0.15) is 39.5 Å². The molecule has 106 valence electrons. The summed E-state index contributed by atoms with van der Waals surface area (Å²) in [4.78, 5) is 0. The van der Waals surface area contributed by atoms with E-state index in [1.54, 1.807) is 18.2 Å². The number of halogens is 2. The molecular weight excluding hydrogens is 248 g/mol. The smallest absolute Gasteiger partial charge is 0.387 e. The number of rotatable bonds is 4. The second-order valence-corrected chi connectivity index (χ2v) is 5.84.